The third kappa shape index (κ3) is 2.18. The van der Waals surface area contributed by atoms with Crippen molar-refractivity contribution in [2.75, 3.05) is 12.5 Å². The molecule has 0 amide bonds. The van der Waals surface area contributed by atoms with E-state index in [-0.39, 0.29) is 6.79 Å². The molecular formula is C14H13NO3. The zero-order chi connectivity index (χ0) is 12.4. The van der Waals surface area contributed by atoms with Crippen LogP contribution in [-0.2, 0) is 6.61 Å². The molecule has 0 unspecified atom stereocenters. The minimum absolute atomic E-state index is 0.289. The predicted molar refractivity (Wildman–Crippen MR) is 67.8 cm³/mol. The highest BCUT2D eigenvalue weighted by atomic mass is 16.7. The van der Waals surface area contributed by atoms with E-state index >= 15 is 0 Å². The van der Waals surface area contributed by atoms with Gasteiger partial charge in [0.25, 0.3) is 0 Å². The molecule has 2 N–H and O–H groups in total. The van der Waals surface area contributed by atoms with Crippen molar-refractivity contribution in [3.05, 3.63) is 48.0 Å². The normalized spacial score (nSPS) is 12.4. The van der Waals surface area contributed by atoms with Crippen LogP contribution in [0.4, 0.5) is 5.69 Å². The molecule has 2 aromatic rings. The molecule has 4 nitrogen and oxygen atoms in total. The molecular weight excluding hydrogens is 230 g/mol. The van der Waals surface area contributed by atoms with Gasteiger partial charge in [-0.1, -0.05) is 6.07 Å². The van der Waals surface area contributed by atoms with Gasteiger partial charge >= 0.3 is 0 Å². The maximum absolute atomic E-state index is 5.65. The van der Waals surface area contributed by atoms with E-state index in [0.29, 0.717) is 6.61 Å². The van der Waals surface area contributed by atoms with Crippen molar-refractivity contribution in [2.45, 2.75) is 6.61 Å². The molecule has 0 fully saturated rings. The summed E-state index contributed by atoms with van der Waals surface area (Å²) >= 11 is 0. The first-order valence-electron chi connectivity index (χ1n) is 5.68. The number of hydrogen-bond acceptors (Lipinski definition) is 4. The van der Waals surface area contributed by atoms with E-state index in [2.05, 4.69) is 0 Å². The maximum Gasteiger partial charge on any atom is 0.231 e. The molecule has 1 aliphatic rings. The molecule has 0 saturated carbocycles. The summed E-state index contributed by atoms with van der Waals surface area (Å²) in [5, 5.41) is 0. The number of ether oxygens (including phenoxy) is 3. The summed E-state index contributed by atoms with van der Waals surface area (Å²) in [5.41, 5.74) is 7.37. The highest BCUT2D eigenvalue weighted by Crippen LogP contribution is 2.32. The zero-order valence-corrected chi connectivity index (χ0v) is 9.76. The number of rotatable bonds is 3. The Morgan fingerprint density at radius 2 is 1.78 bits per heavy atom. The fraction of sp³-hybridized carbons (Fsp3) is 0.143. The van der Waals surface area contributed by atoms with Crippen LogP contribution in [0.15, 0.2) is 42.5 Å². The fourth-order valence-electron chi connectivity index (χ4n) is 1.76. The van der Waals surface area contributed by atoms with Crippen LogP contribution >= 0.6 is 0 Å². The Morgan fingerprint density at radius 1 is 1.00 bits per heavy atom. The standard InChI is InChI=1S/C14H13NO3/c15-11-2-4-12(5-3-11)16-8-10-1-6-13-14(7-10)18-9-17-13/h1-7H,8-9,15H2. The smallest absolute Gasteiger partial charge is 0.231 e. The lowest BCUT2D eigenvalue weighted by atomic mass is 10.2. The number of nitrogens with two attached hydrogens (primary N) is 1. The average molecular weight is 243 g/mol. The molecule has 0 radical (unpaired) electrons. The van der Waals surface area contributed by atoms with Crippen LogP contribution in [0.25, 0.3) is 0 Å². The molecule has 0 saturated heterocycles. The summed E-state index contributed by atoms with van der Waals surface area (Å²) in [6.07, 6.45) is 0. The van der Waals surface area contributed by atoms with E-state index in [0.717, 1.165) is 28.5 Å². The second-order valence-electron chi connectivity index (χ2n) is 4.05. The summed E-state index contributed by atoms with van der Waals surface area (Å²) in [6, 6.07) is 13.1. The summed E-state index contributed by atoms with van der Waals surface area (Å²) in [6.45, 7) is 0.776. The number of fused-ring (bicyclic) bond motifs is 1. The Balaban J connectivity index is 1.68. The molecule has 3 rings (SSSR count). The van der Waals surface area contributed by atoms with Gasteiger partial charge in [0.1, 0.15) is 12.4 Å². The van der Waals surface area contributed by atoms with Crippen LogP contribution < -0.4 is 19.9 Å². The zero-order valence-electron chi connectivity index (χ0n) is 9.76. The molecule has 1 heterocycles. The molecule has 2 aromatic carbocycles. The first-order valence-corrected chi connectivity index (χ1v) is 5.68. The summed E-state index contributed by atoms with van der Waals surface area (Å²) in [7, 11) is 0. The predicted octanol–water partition coefficient (Wildman–Crippen LogP) is 2.58. The SMILES string of the molecule is Nc1ccc(OCc2ccc3c(c2)OCO3)cc1. The molecule has 1 aliphatic heterocycles. The number of benzene rings is 2. The van der Waals surface area contributed by atoms with Crippen molar-refractivity contribution in [3.8, 4) is 17.2 Å². The van der Waals surface area contributed by atoms with Gasteiger partial charge in [-0.3, -0.25) is 0 Å². The van der Waals surface area contributed by atoms with Gasteiger partial charge in [-0.2, -0.15) is 0 Å². The number of nitrogen functional groups attached to an aromatic ring is 1. The summed E-state index contributed by atoms with van der Waals surface area (Å²) in [4.78, 5) is 0. The van der Waals surface area contributed by atoms with Gasteiger partial charge in [0.05, 0.1) is 0 Å². The van der Waals surface area contributed by atoms with Crippen molar-refractivity contribution in [3.63, 3.8) is 0 Å². The Bertz CT molecular complexity index is 551. The first kappa shape index (κ1) is 10.8. The minimum atomic E-state index is 0.289. The quantitative estimate of drug-likeness (QED) is 0.842. The maximum atomic E-state index is 5.65. The van der Waals surface area contributed by atoms with Gasteiger partial charge in [-0.25, -0.2) is 0 Å². The van der Waals surface area contributed by atoms with Crippen LogP contribution in [0.1, 0.15) is 5.56 Å². The fourth-order valence-corrected chi connectivity index (χ4v) is 1.76. The third-order valence-electron chi connectivity index (χ3n) is 2.72. The average Bonchev–Trinajstić information content (AvgIpc) is 2.85. The van der Waals surface area contributed by atoms with Gasteiger partial charge in [0.2, 0.25) is 6.79 Å². The lowest BCUT2D eigenvalue weighted by Crippen LogP contribution is -1.95. The van der Waals surface area contributed by atoms with Gasteiger partial charge in [0, 0.05) is 5.69 Å². The van der Waals surface area contributed by atoms with Gasteiger partial charge in [0.15, 0.2) is 11.5 Å². The number of anilines is 1. The van der Waals surface area contributed by atoms with Gasteiger partial charge in [-0.05, 0) is 42.0 Å². The van der Waals surface area contributed by atoms with Crippen LogP contribution in [0.2, 0.25) is 0 Å². The van der Waals surface area contributed by atoms with E-state index in [4.69, 9.17) is 19.9 Å². The van der Waals surface area contributed by atoms with E-state index < -0.39 is 0 Å². The minimum Gasteiger partial charge on any atom is -0.489 e. The molecule has 4 heteroatoms. The van der Waals surface area contributed by atoms with Crippen molar-refractivity contribution in [2.24, 2.45) is 0 Å². The highest BCUT2D eigenvalue weighted by Gasteiger charge is 2.13. The topological polar surface area (TPSA) is 53.7 Å². The molecule has 0 aromatic heterocycles. The first-order chi connectivity index (χ1) is 8.81. The van der Waals surface area contributed by atoms with Crippen molar-refractivity contribution in [1.29, 1.82) is 0 Å². The number of hydrogen-bond donors (Lipinski definition) is 1. The molecule has 0 spiro atoms. The highest BCUT2D eigenvalue weighted by molar-refractivity contribution is 5.45. The summed E-state index contributed by atoms with van der Waals surface area (Å²) < 4.78 is 16.2. The van der Waals surface area contributed by atoms with Crippen molar-refractivity contribution < 1.29 is 14.2 Å². The van der Waals surface area contributed by atoms with Gasteiger partial charge < -0.3 is 19.9 Å². The second kappa shape index (κ2) is 4.49. The Kier molecular flexibility index (Phi) is 2.68. The van der Waals surface area contributed by atoms with E-state index in [1.807, 2.05) is 42.5 Å². The lowest BCUT2D eigenvalue weighted by molar-refractivity contribution is 0.174. The monoisotopic (exact) mass is 243 g/mol. The van der Waals surface area contributed by atoms with Crippen LogP contribution in [-0.4, -0.2) is 6.79 Å². The molecule has 0 aliphatic carbocycles. The van der Waals surface area contributed by atoms with E-state index in [9.17, 15) is 0 Å². The van der Waals surface area contributed by atoms with Crippen LogP contribution in [0, 0.1) is 0 Å². The second-order valence-corrected chi connectivity index (χ2v) is 4.05. The summed E-state index contributed by atoms with van der Waals surface area (Å²) in [5.74, 6) is 2.35. The molecule has 0 bridgehead atoms. The van der Waals surface area contributed by atoms with Gasteiger partial charge in [-0.15, -0.1) is 0 Å². The van der Waals surface area contributed by atoms with E-state index in [1.165, 1.54) is 0 Å². The lowest BCUT2D eigenvalue weighted by Gasteiger charge is -2.07. The Hall–Kier alpha value is -2.36. The molecule has 18 heavy (non-hydrogen) atoms. The largest absolute Gasteiger partial charge is 0.489 e. The van der Waals surface area contributed by atoms with Crippen LogP contribution in [0.3, 0.4) is 0 Å². The Morgan fingerprint density at radius 3 is 2.61 bits per heavy atom. The third-order valence-corrected chi connectivity index (χ3v) is 2.72. The van der Waals surface area contributed by atoms with E-state index in [1.54, 1.807) is 0 Å². The van der Waals surface area contributed by atoms with Crippen molar-refractivity contribution in [1.82, 2.24) is 0 Å². The Labute approximate surface area is 105 Å². The molecule has 0 atom stereocenters. The van der Waals surface area contributed by atoms with Crippen molar-refractivity contribution >= 4 is 5.69 Å². The molecule has 92 valence electrons. The van der Waals surface area contributed by atoms with Crippen LogP contribution in [0.5, 0.6) is 17.2 Å².